The molecule has 0 saturated heterocycles. The van der Waals surface area contributed by atoms with E-state index in [4.69, 9.17) is 11.6 Å². The number of rotatable bonds is 3. The van der Waals surface area contributed by atoms with E-state index in [1.807, 2.05) is 24.0 Å². The molecule has 2 heterocycles. The van der Waals surface area contributed by atoms with Crippen LogP contribution >= 0.6 is 11.6 Å². The zero-order valence-corrected chi connectivity index (χ0v) is 13.1. The summed E-state index contributed by atoms with van der Waals surface area (Å²) in [5.74, 6) is 0.829. The fourth-order valence-corrected chi connectivity index (χ4v) is 2.54. The lowest BCUT2D eigenvalue weighted by Gasteiger charge is -2.09. The maximum absolute atomic E-state index is 6.17. The highest BCUT2D eigenvalue weighted by Gasteiger charge is 2.09. The maximum atomic E-state index is 6.17. The molecule has 2 aromatic heterocycles. The molecule has 0 aliphatic heterocycles. The number of benzene rings is 1. The third-order valence-electron chi connectivity index (χ3n) is 3.70. The third kappa shape index (κ3) is 2.52. The Morgan fingerprint density at radius 3 is 2.67 bits per heavy atom. The number of pyridine rings is 1. The molecule has 0 amide bonds. The van der Waals surface area contributed by atoms with Crippen LogP contribution in [0.5, 0.6) is 0 Å². The van der Waals surface area contributed by atoms with Crippen molar-refractivity contribution in [2.24, 2.45) is 0 Å². The Labute approximate surface area is 128 Å². The first-order chi connectivity index (χ1) is 10.1. The highest BCUT2D eigenvalue weighted by molar-refractivity contribution is 6.31. The van der Waals surface area contributed by atoms with Crippen molar-refractivity contribution in [1.29, 1.82) is 0 Å². The Morgan fingerprint density at radius 2 is 1.90 bits per heavy atom. The van der Waals surface area contributed by atoms with Gasteiger partial charge in [0, 0.05) is 12.7 Å². The first kappa shape index (κ1) is 14.0. The second-order valence-corrected chi connectivity index (χ2v) is 5.61. The van der Waals surface area contributed by atoms with Gasteiger partial charge in [0.2, 0.25) is 0 Å². The van der Waals surface area contributed by atoms with Crippen LogP contribution < -0.4 is 5.32 Å². The third-order valence-corrected chi connectivity index (χ3v) is 4.04. The van der Waals surface area contributed by atoms with Crippen LogP contribution in [0.15, 0.2) is 30.7 Å². The molecular formula is C16H17ClN4. The van der Waals surface area contributed by atoms with Crippen LogP contribution in [-0.2, 0) is 6.54 Å². The molecule has 0 aliphatic carbocycles. The Morgan fingerprint density at radius 1 is 1.14 bits per heavy atom. The van der Waals surface area contributed by atoms with Crippen molar-refractivity contribution < 1.29 is 0 Å². The SMILES string of the molecule is CNCc1cc(-n2cnc3cc(C)c(C)cc32)ncc1Cl. The first-order valence-corrected chi connectivity index (χ1v) is 7.21. The normalized spacial score (nSPS) is 11.2. The quantitative estimate of drug-likeness (QED) is 0.806. The summed E-state index contributed by atoms with van der Waals surface area (Å²) in [6.07, 6.45) is 3.50. The van der Waals surface area contributed by atoms with E-state index >= 15 is 0 Å². The number of hydrogen-bond acceptors (Lipinski definition) is 3. The topological polar surface area (TPSA) is 42.7 Å². The van der Waals surface area contributed by atoms with E-state index in [1.165, 1.54) is 11.1 Å². The van der Waals surface area contributed by atoms with Crippen LogP contribution in [0.25, 0.3) is 16.9 Å². The second-order valence-electron chi connectivity index (χ2n) is 5.20. The van der Waals surface area contributed by atoms with E-state index in [0.29, 0.717) is 11.6 Å². The van der Waals surface area contributed by atoms with E-state index < -0.39 is 0 Å². The molecule has 4 nitrogen and oxygen atoms in total. The van der Waals surface area contributed by atoms with Crippen molar-refractivity contribution in [2.75, 3.05) is 7.05 Å². The molecule has 108 valence electrons. The molecule has 0 bridgehead atoms. The zero-order valence-electron chi connectivity index (χ0n) is 12.3. The molecule has 3 aromatic rings. The Kier molecular flexibility index (Phi) is 3.66. The van der Waals surface area contributed by atoms with E-state index in [2.05, 4.69) is 41.3 Å². The summed E-state index contributed by atoms with van der Waals surface area (Å²) in [6.45, 7) is 4.91. The number of nitrogens with zero attached hydrogens (tertiary/aromatic N) is 3. The van der Waals surface area contributed by atoms with Gasteiger partial charge in [0.25, 0.3) is 0 Å². The maximum Gasteiger partial charge on any atom is 0.138 e. The van der Waals surface area contributed by atoms with Gasteiger partial charge in [-0.15, -0.1) is 0 Å². The number of aryl methyl sites for hydroxylation is 2. The van der Waals surface area contributed by atoms with Gasteiger partial charge in [-0.3, -0.25) is 4.57 Å². The summed E-state index contributed by atoms with van der Waals surface area (Å²) in [7, 11) is 1.90. The fourth-order valence-electron chi connectivity index (χ4n) is 2.37. The van der Waals surface area contributed by atoms with Crippen molar-refractivity contribution in [2.45, 2.75) is 20.4 Å². The van der Waals surface area contributed by atoms with Gasteiger partial charge in [-0.25, -0.2) is 9.97 Å². The molecule has 5 heteroatoms. The predicted molar refractivity (Wildman–Crippen MR) is 86.1 cm³/mol. The van der Waals surface area contributed by atoms with Gasteiger partial charge in [0.05, 0.1) is 16.1 Å². The van der Waals surface area contributed by atoms with Crippen LogP contribution in [0.4, 0.5) is 0 Å². The molecule has 0 saturated carbocycles. The number of halogens is 1. The standard InChI is InChI=1S/C16H17ClN4/c1-10-4-14-15(5-11(10)2)21(9-20-14)16-6-12(7-18-3)13(17)8-19-16/h4-6,8-9,18H,7H2,1-3H3. The lowest BCUT2D eigenvalue weighted by molar-refractivity contribution is 0.813. The number of imidazole rings is 1. The Hall–Kier alpha value is -1.91. The molecule has 0 unspecified atom stereocenters. The zero-order chi connectivity index (χ0) is 15.0. The summed E-state index contributed by atoms with van der Waals surface area (Å²) in [6, 6.07) is 6.24. The highest BCUT2D eigenvalue weighted by Crippen LogP contribution is 2.23. The molecule has 0 aliphatic rings. The number of fused-ring (bicyclic) bond motifs is 1. The number of hydrogen-bond donors (Lipinski definition) is 1. The van der Waals surface area contributed by atoms with E-state index in [-0.39, 0.29) is 0 Å². The highest BCUT2D eigenvalue weighted by atomic mass is 35.5. The molecule has 0 fully saturated rings. The van der Waals surface area contributed by atoms with Gasteiger partial charge >= 0.3 is 0 Å². The summed E-state index contributed by atoms with van der Waals surface area (Å²) < 4.78 is 2.00. The molecule has 0 spiro atoms. The van der Waals surface area contributed by atoms with Crippen LogP contribution in [0.3, 0.4) is 0 Å². The molecule has 0 atom stereocenters. The monoisotopic (exact) mass is 300 g/mol. The Balaban J connectivity index is 2.16. The second kappa shape index (κ2) is 5.47. The van der Waals surface area contributed by atoms with Crippen molar-refractivity contribution in [1.82, 2.24) is 19.9 Å². The number of aromatic nitrogens is 3. The lowest BCUT2D eigenvalue weighted by Crippen LogP contribution is -2.07. The van der Waals surface area contributed by atoms with Gasteiger partial charge in [0.15, 0.2) is 0 Å². The molecule has 1 N–H and O–H groups in total. The van der Waals surface area contributed by atoms with Crippen LogP contribution in [0.1, 0.15) is 16.7 Å². The fraction of sp³-hybridized carbons (Fsp3) is 0.250. The van der Waals surface area contributed by atoms with Crippen molar-refractivity contribution >= 4 is 22.6 Å². The van der Waals surface area contributed by atoms with Gasteiger partial charge in [0.1, 0.15) is 12.1 Å². The Bertz CT molecular complexity index is 807. The first-order valence-electron chi connectivity index (χ1n) is 6.84. The molecular weight excluding hydrogens is 284 g/mol. The van der Waals surface area contributed by atoms with Gasteiger partial charge in [-0.05, 0) is 55.8 Å². The summed E-state index contributed by atoms with van der Waals surface area (Å²) in [5, 5.41) is 3.78. The minimum absolute atomic E-state index is 0.671. The van der Waals surface area contributed by atoms with E-state index in [9.17, 15) is 0 Å². The van der Waals surface area contributed by atoms with Crippen molar-refractivity contribution in [3.8, 4) is 5.82 Å². The van der Waals surface area contributed by atoms with E-state index in [1.54, 1.807) is 6.20 Å². The minimum Gasteiger partial charge on any atom is -0.316 e. The molecule has 0 radical (unpaired) electrons. The predicted octanol–water partition coefficient (Wildman–Crippen LogP) is 3.41. The smallest absolute Gasteiger partial charge is 0.138 e. The van der Waals surface area contributed by atoms with Crippen LogP contribution in [0, 0.1) is 13.8 Å². The minimum atomic E-state index is 0.671. The summed E-state index contributed by atoms with van der Waals surface area (Å²) in [5.41, 5.74) is 5.55. The molecule has 3 rings (SSSR count). The van der Waals surface area contributed by atoms with Crippen LogP contribution in [0.2, 0.25) is 5.02 Å². The number of nitrogens with one attached hydrogen (secondary N) is 1. The molecule has 1 aromatic carbocycles. The lowest BCUT2D eigenvalue weighted by atomic mass is 10.1. The summed E-state index contributed by atoms with van der Waals surface area (Å²) >= 11 is 6.17. The van der Waals surface area contributed by atoms with Gasteiger partial charge in [-0.2, -0.15) is 0 Å². The van der Waals surface area contributed by atoms with Crippen molar-refractivity contribution in [3.63, 3.8) is 0 Å². The average molecular weight is 301 g/mol. The molecule has 21 heavy (non-hydrogen) atoms. The van der Waals surface area contributed by atoms with Crippen LogP contribution in [-0.4, -0.2) is 21.6 Å². The van der Waals surface area contributed by atoms with Gasteiger partial charge in [-0.1, -0.05) is 11.6 Å². The van der Waals surface area contributed by atoms with Crippen molar-refractivity contribution in [3.05, 3.63) is 52.4 Å². The average Bonchev–Trinajstić information content (AvgIpc) is 2.85. The largest absolute Gasteiger partial charge is 0.316 e. The van der Waals surface area contributed by atoms with Gasteiger partial charge < -0.3 is 5.32 Å². The van der Waals surface area contributed by atoms with E-state index in [0.717, 1.165) is 22.4 Å². The summed E-state index contributed by atoms with van der Waals surface area (Å²) in [4.78, 5) is 8.90.